The molecule has 0 aliphatic carbocycles. The Morgan fingerprint density at radius 1 is 1.47 bits per heavy atom. The van der Waals surface area contributed by atoms with Gasteiger partial charge in [0.05, 0.1) is 6.42 Å². The molecule has 15 heavy (non-hydrogen) atoms. The SMILES string of the molecule is CC(C)C(=O)Cc1nc(C(F)(F)F)no1. The Morgan fingerprint density at radius 2 is 2.07 bits per heavy atom. The Balaban J connectivity index is 2.73. The lowest BCUT2D eigenvalue weighted by molar-refractivity contribution is -0.146. The topological polar surface area (TPSA) is 56.0 Å². The quantitative estimate of drug-likeness (QED) is 0.783. The zero-order valence-electron chi connectivity index (χ0n) is 8.13. The Labute approximate surface area is 83.5 Å². The van der Waals surface area contributed by atoms with Crippen molar-refractivity contribution in [3.05, 3.63) is 11.7 Å². The van der Waals surface area contributed by atoms with Crippen molar-refractivity contribution in [3.8, 4) is 0 Å². The number of hydrogen-bond donors (Lipinski definition) is 0. The number of carbonyl (C=O) groups is 1. The molecule has 0 saturated heterocycles. The maximum Gasteiger partial charge on any atom is 0.455 e. The number of hydrogen-bond acceptors (Lipinski definition) is 4. The average Bonchev–Trinajstić information content (AvgIpc) is 2.51. The number of alkyl halides is 3. The van der Waals surface area contributed by atoms with Crippen LogP contribution in [0.15, 0.2) is 4.52 Å². The van der Waals surface area contributed by atoms with Crippen molar-refractivity contribution in [2.75, 3.05) is 0 Å². The standard InChI is InChI=1S/C8H9F3N2O2/c1-4(2)5(14)3-6-12-7(13-15-6)8(9,10)11/h4H,3H2,1-2H3. The van der Waals surface area contributed by atoms with Crippen LogP contribution in [0.2, 0.25) is 0 Å². The molecule has 0 amide bonds. The van der Waals surface area contributed by atoms with E-state index in [4.69, 9.17) is 0 Å². The van der Waals surface area contributed by atoms with Gasteiger partial charge in [0.25, 0.3) is 5.82 Å². The fourth-order valence-electron chi connectivity index (χ4n) is 0.795. The molecule has 0 fully saturated rings. The van der Waals surface area contributed by atoms with Crippen LogP contribution >= 0.6 is 0 Å². The summed E-state index contributed by atoms with van der Waals surface area (Å²) in [6.45, 7) is 3.28. The van der Waals surface area contributed by atoms with Crippen molar-refractivity contribution in [1.82, 2.24) is 10.1 Å². The highest BCUT2D eigenvalue weighted by molar-refractivity contribution is 5.81. The molecule has 0 radical (unpaired) electrons. The highest BCUT2D eigenvalue weighted by Gasteiger charge is 2.37. The lowest BCUT2D eigenvalue weighted by Gasteiger charge is -1.99. The molecule has 0 N–H and O–H groups in total. The summed E-state index contributed by atoms with van der Waals surface area (Å²) in [6.07, 6.45) is -4.90. The monoisotopic (exact) mass is 222 g/mol. The third-order valence-electron chi connectivity index (χ3n) is 1.69. The van der Waals surface area contributed by atoms with Crippen LogP contribution in [0.4, 0.5) is 13.2 Å². The van der Waals surface area contributed by atoms with Crippen LogP contribution < -0.4 is 0 Å². The third-order valence-corrected chi connectivity index (χ3v) is 1.69. The number of aromatic nitrogens is 2. The summed E-state index contributed by atoms with van der Waals surface area (Å²) in [5, 5.41) is 2.74. The van der Waals surface area contributed by atoms with Gasteiger partial charge in [-0.25, -0.2) is 0 Å². The second-order valence-electron chi connectivity index (χ2n) is 3.31. The number of ketones is 1. The predicted octanol–water partition coefficient (Wildman–Crippen LogP) is 1.86. The summed E-state index contributed by atoms with van der Waals surface area (Å²) < 4.78 is 40.4. The summed E-state index contributed by atoms with van der Waals surface area (Å²) in [7, 11) is 0. The number of rotatable bonds is 3. The highest BCUT2D eigenvalue weighted by Crippen LogP contribution is 2.26. The Kier molecular flexibility index (Phi) is 3.11. The summed E-state index contributed by atoms with van der Waals surface area (Å²) in [5.74, 6) is -2.17. The average molecular weight is 222 g/mol. The molecule has 0 bridgehead atoms. The van der Waals surface area contributed by atoms with E-state index in [0.717, 1.165) is 0 Å². The predicted molar refractivity (Wildman–Crippen MR) is 42.8 cm³/mol. The maximum atomic E-state index is 12.0. The second-order valence-corrected chi connectivity index (χ2v) is 3.31. The number of carbonyl (C=O) groups excluding carboxylic acids is 1. The first-order chi connectivity index (χ1) is 6.80. The fourth-order valence-corrected chi connectivity index (χ4v) is 0.795. The molecule has 0 aliphatic heterocycles. The molecule has 1 aromatic rings. The van der Waals surface area contributed by atoms with E-state index in [0.29, 0.717) is 0 Å². The van der Waals surface area contributed by atoms with Crippen LogP contribution in [0.5, 0.6) is 0 Å². The minimum absolute atomic E-state index is 0.243. The van der Waals surface area contributed by atoms with E-state index < -0.39 is 12.0 Å². The van der Waals surface area contributed by atoms with Gasteiger partial charge >= 0.3 is 6.18 Å². The first kappa shape index (κ1) is 11.7. The summed E-state index contributed by atoms with van der Waals surface area (Å²) >= 11 is 0. The summed E-state index contributed by atoms with van der Waals surface area (Å²) in [5.41, 5.74) is 0. The van der Waals surface area contributed by atoms with Crippen molar-refractivity contribution < 1.29 is 22.5 Å². The van der Waals surface area contributed by atoms with E-state index in [-0.39, 0.29) is 24.0 Å². The molecule has 7 heteroatoms. The van der Waals surface area contributed by atoms with Gasteiger partial charge in [0, 0.05) is 5.92 Å². The molecule has 84 valence electrons. The van der Waals surface area contributed by atoms with E-state index in [1.54, 1.807) is 13.8 Å². The van der Waals surface area contributed by atoms with E-state index in [2.05, 4.69) is 14.7 Å². The zero-order chi connectivity index (χ0) is 11.6. The maximum absolute atomic E-state index is 12.0. The van der Waals surface area contributed by atoms with Gasteiger partial charge in [0.2, 0.25) is 5.89 Å². The van der Waals surface area contributed by atoms with Gasteiger partial charge in [-0.1, -0.05) is 19.0 Å². The number of Topliss-reactive ketones (excluding diaryl/α,β-unsaturated/α-hetero) is 1. The first-order valence-electron chi connectivity index (χ1n) is 4.23. The van der Waals surface area contributed by atoms with Crippen LogP contribution in [0.25, 0.3) is 0 Å². The van der Waals surface area contributed by atoms with Crippen LogP contribution in [-0.2, 0) is 17.4 Å². The fraction of sp³-hybridized carbons (Fsp3) is 0.625. The molecule has 0 unspecified atom stereocenters. The normalized spacial score (nSPS) is 12.1. The van der Waals surface area contributed by atoms with Gasteiger partial charge in [-0.2, -0.15) is 18.2 Å². The van der Waals surface area contributed by atoms with E-state index in [1.165, 1.54) is 0 Å². The molecular weight excluding hydrogens is 213 g/mol. The molecule has 1 rings (SSSR count). The van der Waals surface area contributed by atoms with Crippen molar-refractivity contribution in [2.24, 2.45) is 5.92 Å². The Morgan fingerprint density at radius 3 is 2.47 bits per heavy atom. The van der Waals surface area contributed by atoms with Crippen molar-refractivity contribution in [1.29, 1.82) is 0 Å². The van der Waals surface area contributed by atoms with E-state index in [9.17, 15) is 18.0 Å². The largest absolute Gasteiger partial charge is 0.455 e. The molecule has 4 nitrogen and oxygen atoms in total. The van der Waals surface area contributed by atoms with Crippen molar-refractivity contribution >= 4 is 5.78 Å². The molecule has 0 aromatic carbocycles. The van der Waals surface area contributed by atoms with Gasteiger partial charge < -0.3 is 4.52 Å². The molecule has 0 spiro atoms. The van der Waals surface area contributed by atoms with Crippen LogP contribution in [0.3, 0.4) is 0 Å². The molecule has 0 saturated carbocycles. The smallest absolute Gasteiger partial charge is 0.339 e. The zero-order valence-corrected chi connectivity index (χ0v) is 8.13. The molecule has 1 aromatic heterocycles. The van der Waals surface area contributed by atoms with Crippen LogP contribution in [0, 0.1) is 5.92 Å². The minimum atomic E-state index is -4.64. The summed E-state index contributed by atoms with van der Waals surface area (Å²) in [4.78, 5) is 14.2. The highest BCUT2D eigenvalue weighted by atomic mass is 19.4. The summed E-state index contributed by atoms with van der Waals surface area (Å²) in [6, 6.07) is 0. The van der Waals surface area contributed by atoms with Gasteiger partial charge in [-0.05, 0) is 0 Å². The minimum Gasteiger partial charge on any atom is -0.339 e. The van der Waals surface area contributed by atoms with Crippen molar-refractivity contribution in [2.45, 2.75) is 26.4 Å². The van der Waals surface area contributed by atoms with Gasteiger partial charge in [-0.15, -0.1) is 0 Å². The number of halogens is 3. The van der Waals surface area contributed by atoms with Crippen LogP contribution in [0.1, 0.15) is 25.6 Å². The molecular formula is C8H9F3N2O2. The number of nitrogens with zero attached hydrogens (tertiary/aromatic N) is 2. The van der Waals surface area contributed by atoms with E-state index in [1.807, 2.05) is 0 Å². The first-order valence-corrected chi connectivity index (χ1v) is 4.23. The second kappa shape index (κ2) is 4.00. The lowest BCUT2D eigenvalue weighted by Crippen LogP contribution is -2.11. The Hall–Kier alpha value is -1.40. The van der Waals surface area contributed by atoms with Gasteiger partial charge in [0.15, 0.2) is 0 Å². The third kappa shape index (κ3) is 3.03. The van der Waals surface area contributed by atoms with E-state index >= 15 is 0 Å². The lowest BCUT2D eigenvalue weighted by atomic mass is 10.1. The van der Waals surface area contributed by atoms with Gasteiger partial charge in [-0.3, -0.25) is 4.79 Å². The van der Waals surface area contributed by atoms with Gasteiger partial charge in [0.1, 0.15) is 5.78 Å². The van der Waals surface area contributed by atoms with Crippen molar-refractivity contribution in [3.63, 3.8) is 0 Å². The molecule has 0 aliphatic rings. The Bertz CT molecular complexity index is 357. The molecule has 1 heterocycles. The van der Waals surface area contributed by atoms with Crippen LogP contribution in [-0.4, -0.2) is 15.9 Å². The molecule has 0 atom stereocenters.